The maximum atomic E-state index is 4.70. The Labute approximate surface area is 62.9 Å². The molecule has 0 aliphatic carbocycles. The van der Waals surface area contributed by atoms with Crippen LogP contribution in [0.4, 0.5) is 0 Å². The molecule has 0 fully saturated rings. The summed E-state index contributed by atoms with van der Waals surface area (Å²) in [7, 11) is 1.65. The predicted molar refractivity (Wildman–Crippen MR) is 41.5 cm³/mol. The summed E-state index contributed by atoms with van der Waals surface area (Å²) in [6, 6.07) is 0. The molecule has 0 saturated carbocycles. The molecule has 0 unspecified atom stereocenters. The summed E-state index contributed by atoms with van der Waals surface area (Å²) in [6.07, 6.45) is 5.59. The third-order valence-electron chi connectivity index (χ3n) is 0.667. The fourth-order valence-electron chi connectivity index (χ4n) is 0.321. The average Bonchev–Trinajstić information content (AvgIpc) is 1.89. The predicted octanol–water partition coefficient (Wildman–Crippen LogP) is 1.80. The zero-order valence-corrected chi connectivity index (χ0v) is 7.55. The fourth-order valence-corrected chi connectivity index (χ4v) is 1.15. The maximum absolute atomic E-state index is 4.70. The van der Waals surface area contributed by atoms with Gasteiger partial charge in [0.05, 0.1) is 0 Å². The first-order chi connectivity index (χ1) is 4.41. The first-order valence-corrected chi connectivity index (χ1v) is 5.08. The van der Waals surface area contributed by atoms with E-state index >= 15 is 0 Å². The molecule has 0 aromatic rings. The first-order valence-electron chi connectivity index (χ1n) is 2.88. The molecule has 0 bridgehead atoms. The van der Waals surface area contributed by atoms with Gasteiger partial charge in [0.1, 0.15) is 0 Å². The molecule has 9 heavy (non-hydrogen) atoms. The van der Waals surface area contributed by atoms with Gasteiger partial charge in [-0.2, -0.15) is 0 Å². The van der Waals surface area contributed by atoms with Crippen molar-refractivity contribution in [3.05, 3.63) is 23.4 Å². The number of ether oxygens (including phenoxy) is 1. The molecule has 0 N–H and O–H groups in total. The van der Waals surface area contributed by atoms with Crippen LogP contribution in [-0.2, 0) is 4.74 Å². The molecular formula is C7H12OSe. The quantitative estimate of drug-likeness (QED) is 0.374. The van der Waals surface area contributed by atoms with Crippen molar-refractivity contribution in [3.63, 3.8) is 0 Å². The van der Waals surface area contributed by atoms with E-state index in [2.05, 4.69) is 11.9 Å². The van der Waals surface area contributed by atoms with E-state index in [9.17, 15) is 0 Å². The number of methoxy groups -OCH3 is 1. The third-order valence-corrected chi connectivity index (χ3v) is 2.10. The van der Waals surface area contributed by atoms with E-state index < -0.39 is 0 Å². The number of allylic oxidation sites excluding steroid dienone is 2. The van der Waals surface area contributed by atoms with E-state index in [1.807, 2.05) is 12.2 Å². The van der Waals surface area contributed by atoms with E-state index in [1.165, 1.54) is 5.32 Å². The second-order valence-electron chi connectivity index (χ2n) is 1.35. The molecule has 0 aliphatic rings. The van der Waals surface area contributed by atoms with Crippen molar-refractivity contribution in [1.82, 2.24) is 0 Å². The molecule has 0 atom stereocenters. The zero-order chi connectivity index (χ0) is 6.95. The molecule has 0 aromatic carbocycles. The van der Waals surface area contributed by atoms with Crippen molar-refractivity contribution in [2.75, 3.05) is 7.11 Å². The Morgan fingerprint density at radius 1 is 1.44 bits per heavy atom. The Morgan fingerprint density at radius 2 is 2.22 bits per heavy atom. The molecular weight excluding hydrogens is 179 g/mol. The third kappa shape index (κ3) is 7.80. The second-order valence-corrected chi connectivity index (χ2v) is 3.83. The fraction of sp³-hybridized carbons (Fsp3) is 0.429. The molecule has 0 aliphatic heterocycles. The molecule has 0 spiro atoms. The van der Waals surface area contributed by atoms with Crippen molar-refractivity contribution >= 4 is 15.0 Å². The number of hydrogen-bond acceptors (Lipinski definition) is 1. The SMILES string of the molecule is CC[Se]/C=C\C=C/OC. The van der Waals surface area contributed by atoms with Crippen LogP contribution in [0.5, 0.6) is 0 Å². The molecule has 52 valence electrons. The molecule has 0 rings (SSSR count). The standard InChI is InChI=1S/C7H12OSe/c1-3-9-7-5-4-6-8-2/h4-7H,3H2,1-2H3/b6-4-,7-5-. The van der Waals surface area contributed by atoms with Crippen molar-refractivity contribution in [2.24, 2.45) is 0 Å². The molecule has 0 amide bonds. The van der Waals surface area contributed by atoms with Crippen LogP contribution in [0.2, 0.25) is 5.32 Å². The summed E-state index contributed by atoms with van der Waals surface area (Å²) in [4.78, 5) is 2.18. The van der Waals surface area contributed by atoms with E-state index in [4.69, 9.17) is 4.74 Å². The van der Waals surface area contributed by atoms with Crippen LogP contribution in [0.15, 0.2) is 23.4 Å². The van der Waals surface area contributed by atoms with Gasteiger partial charge in [-0.15, -0.1) is 0 Å². The van der Waals surface area contributed by atoms with Gasteiger partial charge in [-0.05, 0) is 0 Å². The van der Waals surface area contributed by atoms with Gasteiger partial charge < -0.3 is 0 Å². The monoisotopic (exact) mass is 192 g/mol. The molecule has 0 aromatic heterocycles. The number of rotatable bonds is 4. The Bertz CT molecular complexity index is 97.1. The van der Waals surface area contributed by atoms with E-state index in [0.29, 0.717) is 15.0 Å². The summed E-state index contributed by atoms with van der Waals surface area (Å²) in [5, 5.41) is 1.27. The Balaban J connectivity index is 3.13. The normalized spacial score (nSPS) is 11.3. The van der Waals surface area contributed by atoms with Gasteiger partial charge in [-0.1, -0.05) is 0 Å². The zero-order valence-electron chi connectivity index (χ0n) is 5.83. The molecule has 0 heterocycles. The minimum atomic E-state index is 0.679. The van der Waals surface area contributed by atoms with Crippen LogP contribution in [0.25, 0.3) is 0 Å². The molecule has 0 radical (unpaired) electrons. The van der Waals surface area contributed by atoms with Gasteiger partial charge in [0, 0.05) is 0 Å². The van der Waals surface area contributed by atoms with Crippen LogP contribution in [-0.4, -0.2) is 22.1 Å². The summed E-state index contributed by atoms with van der Waals surface area (Å²) >= 11 is 0.679. The van der Waals surface area contributed by atoms with Gasteiger partial charge in [0.2, 0.25) is 0 Å². The van der Waals surface area contributed by atoms with Gasteiger partial charge in [0.15, 0.2) is 0 Å². The second kappa shape index (κ2) is 7.80. The van der Waals surface area contributed by atoms with E-state index in [-0.39, 0.29) is 0 Å². The first kappa shape index (κ1) is 8.80. The van der Waals surface area contributed by atoms with Crippen LogP contribution in [0, 0.1) is 0 Å². The van der Waals surface area contributed by atoms with Gasteiger partial charge in [-0.3, -0.25) is 0 Å². The summed E-state index contributed by atoms with van der Waals surface area (Å²) in [6.45, 7) is 2.18. The summed E-state index contributed by atoms with van der Waals surface area (Å²) < 4.78 is 4.70. The van der Waals surface area contributed by atoms with Gasteiger partial charge in [-0.25, -0.2) is 0 Å². The van der Waals surface area contributed by atoms with Crippen molar-refractivity contribution in [2.45, 2.75) is 12.2 Å². The van der Waals surface area contributed by atoms with E-state index in [0.717, 1.165) is 0 Å². The Morgan fingerprint density at radius 3 is 2.78 bits per heavy atom. The van der Waals surface area contributed by atoms with Crippen LogP contribution >= 0.6 is 0 Å². The van der Waals surface area contributed by atoms with Crippen molar-refractivity contribution in [1.29, 1.82) is 0 Å². The summed E-state index contributed by atoms with van der Waals surface area (Å²) in [5.41, 5.74) is 0. The van der Waals surface area contributed by atoms with Gasteiger partial charge in [0.25, 0.3) is 0 Å². The molecule has 2 heteroatoms. The topological polar surface area (TPSA) is 9.23 Å². The Kier molecular flexibility index (Phi) is 7.63. The summed E-state index contributed by atoms with van der Waals surface area (Å²) in [5.74, 6) is 0. The average molecular weight is 191 g/mol. The van der Waals surface area contributed by atoms with Gasteiger partial charge >= 0.3 is 62.4 Å². The van der Waals surface area contributed by atoms with Crippen LogP contribution < -0.4 is 0 Å². The van der Waals surface area contributed by atoms with E-state index in [1.54, 1.807) is 13.4 Å². The molecule has 0 saturated heterocycles. The van der Waals surface area contributed by atoms with Crippen molar-refractivity contribution < 1.29 is 4.74 Å². The molecule has 1 nitrogen and oxygen atoms in total. The van der Waals surface area contributed by atoms with Crippen LogP contribution in [0.1, 0.15) is 6.92 Å². The minimum absolute atomic E-state index is 0.679. The number of hydrogen-bond donors (Lipinski definition) is 0. The van der Waals surface area contributed by atoms with Crippen LogP contribution in [0.3, 0.4) is 0 Å². The van der Waals surface area contributed by atoms with Crippen molar-refractivity contribution in [3.8, 4) is 0 Å². The Hall–Kier alpha value is -0.201.